The molecule has 1 aromatic heterocycles. The summed E-state index contributed by atoms with van der Waals surface area (Å²) in [5.41, 5.74) is 2.01. The van der Waals surface area contributed by atoms with Crippen molar-refractivity contribution in [3.63, 3.8) is 0 Å². The number of hydrogen-bond acceptors (Lipinski definition) is 5. The lowest BCUT2D eigenvalue weighted by molar-refractivity contribution is 0.224. The van der Waals surface area contributed by atoms with Gasteiger partial charge in [0.2, 0.25) is 0 Å². The second-order valence-electron chi connectivity index (χ2n) is 5.71. The minimum atomic E-state index is -0.401. The first kappa shape index (κ1) is 19.6. The highest BCUT2D eigenvalue weighted by Gasteiger charge is 2.20. The van der Waals surface area contributed by atoms with E-state index in [1.165, 1.54) is 11.3 Å². The molecule has 2 atom stereocenters. The molecule has 0 aliphatic rings. The molecule has 0 fully saturated rings. The lowest BCUT2D eigenvalue weighted by Gasteiger charge is -2.29. The van der Waals surface area contributed by atoms with E-state index in [9.17, 15) is 5.26 Å². The Kier molecular flexibility index (Phi) is 7.57. The number of nitrogens with zero attached hydrogens (tertiary/aromatic N) is 4. The predicted molar refractivity (Wildman–Crippen MR) is 106 cm³/mol. The second-order valence-corrected chi connectivity index (χ2v) is 7.00. The highest BCUT2D eigenvalue weighted by atomic mass is 35.5. The van der Waals surface area contributed by atoms with E-state index in [2.05, 4.69) is 34.8 Å². The standard InChI is InChI=1S/C19H23ClN4S/c1-4-24(5-2)18(16-8-6-7-9-17(16)20)12-22-11-15(10-21)19-23-14(3)13-25-19/h6-9,11,13,15,18H,4-5,12H2,1-3H3/t15?,18-/m0/s1. The van der Waals surface area contributed by atoms with Gasteiger partial charge in [0, 0.05) is 22.3 Å². The molecule has 0 N–H and O–H groups in total. The maximum Gasteiger partial charge on any atom is 0.133 e. The lowest BCUT2D eigenvalue weighted by Crippen LogP contribution is -2.30. The summed E-state index contributed by atoms with van der Waals surface area (Å²) in [5, 5.41) is 12.9. The van der Waals surface area contributed by atoms with Crippen LogP contribution in [0.5, 0.6) is 0 Å². The fourth-order valence-electron chi connectivity index (χ4n) is 2.75. The summed E-state index contributed by atoms with van der Waals surface area (Å²) in [6.07, 6.45) is 1.71. The average molecular weight is 375 g/mol. The number of aliphatic imine (C=N–C) groups is 1. The fourth-order valence-corrected chi connectivity index (χ4v) is 3.82. The summed E-state index contributed by atoms with van der Waals surface area (Å²) in [4.78, 5) is 11.3. The van der Waals surface area contributed by atoms with Crippen molar-refractivity contribution < 1.29 is 0 Å². The number of benzene rings is 1. The predicted octanol–water partition coefficient (Wildman–Crippen LogP) is 4.87. The monoisotopic (exact) mass is 374 g/mol. The Balaban J connectivity index is 2.19. The summed E-state index contributed by atoms with van der Waals surface area (Å²) < 4.78 is 0. The maximum atomic E-state index is 9.41. The van der Waals surface area contributed by atoms with Crippen LogP contribution in [-0.4, -0.2) is 35.7 Å². The van der Waals surface area contributed by atoms with Crippen LogP contribution in [0.15, 0.2) is 34.6 Å². The molecule has 25 heavy (non-hydrogen) atoms. The second kappa shape index (κ2) is 9.67. The number of rotatable bonds is 8. The zero-order chi connectivity index (χ0) is 18.2. The first-order chi connectivity index (χ1) is 12.1. The molecule has 132 valence electrons. The summed E-state index contributed by atoms with van der Waals surface area (Å²) in [7, 11) is 0. The molecule has 0 amide bonds. The van der Waals surface area contributed by atoms with Crippen molar-refractivity contribution in [3.8, 4) is 6.07 Å². The highest BCUT2D eigenvalue weighted by Crippen LogP contribution is 2.28. The van der Waals surface area contributed by atoms with Gasteiger partial charge in [-0.05, 0) is 31.6 Å². The molecule has 4 nitrogen and oxygen atoms in total. The van der Waals surface area contributed by atoms with Gasteiger partial charge >= 0.3 is 0 Å². The number of hydrogen-bond donors (Lipinski definition) is 0. The third-order valence-electron chi connectivity index (χ3n) is 4.09. The zero-order valence-corrected chi connectivity index (χ0v) is 16.4. The van der Waals surface area contributed by atoms with Crippen molar-refractivity contribution in [1.82, 2.24) is 9.88 Å². The topological polar surface area (TPSA) is 52.3 Å². The van der Waals surface area contributed by atoms with Crippen LogP contribution in [-0.2, 0) is 0 Å². The molecule has 1 heterocycles. The summed E-state index contributed by atoms with van der Waals surface area (Å²) in [5.74, 6) is -0.401. The van der Waals surface area contributed by atoms with E-state index in [4.69, 9.17) is 11.6 Å². The molecule has 0 aliphatic heterocycles. The van der Waals surface area contributed by atoms with Crippen LogP contribution in [0.4, 0.5) is 0 Å². The Morgan fingerprint density at radius 2 is 2.08 bits per heavy atom. The van der Waals surface area contributed by atoms with Crippen LogP contribution < -0.4 is 0 Å². The Morgan fingerprint density at radius 1 is 1.36 bits per heavy atom. The van der Waals surface area contributed by atoms with Gasteiger partial charge in [0.25, 0.3) is 0 Å². The highest BCUT2D eigenvalue weighted by molar-refractivity contribution is 7.09. The normalized spacial score (nSPS) is 13.9. The van der Waals surface area contributed by atoms with Gasteiger partial charge in [0.15, 0.2) is 0 Å². The van der Waals surface area contributed by atoms with Gasteiger partial charge in [-0.3, -0.25) is 9.89 Å². The number of aryl methyl sites for hydroxylation is 1. The molecule has 2 rings (SSSR count). The first-order valence-electron chi connectivity index (χ1n) is 8.40. The van der Waals surface area contributed by atoms with Gasteiger partial charge < -0.3 is 0 Å². The molecule has 0 saturated heterocycles. The Hall–Kier alpha value is -1.74. The minimum Gasteiger partial charge on any atom is -0.295 e. The fraction of sp³-hybridized carbons (Fsp3) is 0.421. The number of nitriles is 1. The summed E-state index contributed by atoms with van der Waals surface area (Å²) in [6.45, 7) is 8.58. The van der Waals surface area contributed by atoms with Gasteiger partial charge in [-0.1, -0.05) is 43.6 Å². The van der Waals surface area contributed by atoms with Crippen molar-refractivity contribution >= 4 is 29.2 Å². The molecular weight excluding hydrogens is 352 g/mol. The van der Waals surface area contributed by atoms with E-state index in [0.29, 0.717) is 6.54 Å². The first-order valence-corrected chi connectivity index (χ1v) is 9.66. The van der Waals surface area contributed by atoms with Crippen molar-refractivity contribution in [2.75, 3.05) is 19.6 Å². The summed E-state index contributed by atoms with van der Waals surface area (Å²) in [6, 6.07) is 10.3. The number of aromatic nitrogens is 1. The largest absolute Gasteiger partial charge is 0.295 e. The smallest absolute Gasteiger partial charge is 0.133 e. The number of thiazole rings is 1. The van der Waals surface area contributed by atoms with Crippen molar-refractivity contribution in [2.24, 2.45) is 4.99 Å². The molecule has 0 radical (unpaired) electrons. The van der Waals surface area contributed by atoms with Crippen LogP contribution >= 0.6 is 22.9 Å². The molecule has 0 bridgehead atoms. The quantitative estimate of drug-likeness (QED) is 0.619. The Morgan fingerprint density at radius 3 is 2.64 bits per heavy atom. The molecule has 6 heteroatoms. The van der Waals surface area contributed by atoms with Gasteiger partial charge in [-0.2, -0.15) is 5.26 Å². The Bertz CT molecular complexity index is 746. The van der Waals surface area contributed by atoms with E-state index >= 15 is 0 Å². The average Bonchev–Trinajstić information content (AvgIpc) is 3.05. The maximum absolute atomic E-state index is 9.41. The van der Waals surface area contributed by atoms with Crippen molar-refractivity contribution in [1.29, 1.82) is 5.26 Å². The van der Waals surface area contributed by atoms with Gasteiger partial charge in [0.1, 0.15) is 10.9 Å². The van der Waals surface area contributed by atoms with Crippen molar-refractivity contribution in [2.45, 2.75) is 32.7 Å². The Labute approximate surface area is 158 Å². The third kappa shape index (κ3) is 5.12. The van der Waals surface area contributed by atoms with Gasteiger partial charge in [-0.15, -0.1) is 11.3 Å². The SMILES string of the molecule is CCN(CC)[C@@H](CN=CC(C#N)c1nc(C)cs1)c1ccccc1Cl. The molecule has 1 unspecified atom stereocenters. The zero-order valence-electron chi connectivity index (χ0n) is 14.8. The van der Waals surface area contributed by atoms with E-state index in [-0.39, 0.29) is 6.04 Å². The van der Waals surface area contributed by atoms with Gasteiger partial charge in [0.05, 0.1) is 18.7 Å². The molecule has 0 saturated carbocycles. The molecule has 0 spiro atoms. The molecule has 0 aliphatic carbocycles. The van der Waals surface area contributed by atoms with Crippen LogP contribution in [0, 0.1) is 18.3 Å². The molecule has 1 aromatic carbocycles. The van der Waals surface area contributed by atoms with Crippen LogP contribution in [0.25, 0.3) is 0 Å². The van der Waals surface area contributed by atoms with E-state index in [1.807, 2.05) is 36.6 Å². The van der Waals surface area contributed by atoms with Gasteiger partial charge in [-0.25, -0.2) is 4.98 Å². The van der Waals surface area contributed by atoms with E-state index < -0.39 is 5.92 Å². The van der Waals surface area contributed by atoms with E-state index in [1.54, 1.807) is 6.21 Å². The third-order valence-corrected chi connectivity index (χ3v) is 5.48. The lowest BCUT2D eigenvalue weighted by atomic mass is 10.0. The number of halogens is 1. The van der Waals surface area contributed by atoms with Crippen LogP contribution in [0.3, 0.4) is 0 Å². The van der Waals surface area contributed by atoms with Crippen LogP contribution in [0.1, 0.15) is 42.1 Å². The molecular formula is C19H23ClN4S. The van der Waals surface area contributed by atoms with Crippen LogP contribution in [0.2, 0.25) is 5.02 Å². The number of likely N-dealkylation sites (N-methyl/N-ethyl adjacent to an activating group) is 1. The minimum absolute atomic E-state index is 0.0947. The summed E-state index contributed by atoms with van der Waals surface area (Å²) >= 11 is 7.90. The van der Waals surface area contributed by atoms with Crippen molar-refractivity contribution in [3.05, 3.63) is 50.9 Å². The molecule has 2 aromatic rings. The van der Waals surface area contributed by atoms with E-state index in [0.717, 1.165) is 34.4 Å².